The molecule has 0 spiro atoms. The van der Waals surface area contributed by atoms with Gasteiger partial charge in [0.15, 0.2) is 11.5 Å². The van der Waals surface area contributed by atoms with Crippen LogP contribution in [0.3, 0.4) is 0 Å². The molecule has 0 radical (unpaired) electrons. The number of aliphatic imine (C=N–C) groups is 1. The van der Waals surface area contributed by atoms with E-state index in [0.717, 1.165) is 40.9 Å². The summed E-state index contributed by atoms with van der Waals surface area (Å²) in [6, 6.07) is 7.93. The molecule has 0 amide bonds. The van der Waals surface area contributed by atoms with E-state index >= 15 is 0 Å². The number of nitrogens with zero attached hydrogens (tertiary/aromatic N) is 4. The number of fused-ring (bicyclic) bond motifs is 3. The van der Waals surface area contributed by atoms with Gasteiger partial charge in [-0.05, 0) is 56.0 Å². The summed E-state index contributed by atoms with van der Waals surface area (Å²) in [4.78, 5) is 13.8. The Hall–Kier alpha value is -3.24. The van der Waals surface area contributed by atoms with Gasteiger partial charge in [-0.3, -0.25) is 13.7 Å². The highest BCUT2D eigenvalue weighted by atomic mass is 32.2. The Morgan fingerprint density at radius 3 is 2.69 bits per heavy atom. The van der Waals surface area contributed by atoms with E-state index in [1.165, 1.54) is 0 Å². The molecule has 2 aliphatic rings. The molecule has 9 nitrogen and oxygen atoms in total. The molecule has 5 rings (SSSR count). The first kappa shape index (κ1) is 23.5. The van der Waals surface area contributed by atoms with Crippen LogP contribution in [0.5, 0.6) is 11.5 Å². The molecule has 1 aliphatic heterocycles. The maximum absolute atomic E-state index is 11.8. The summed E-state index contributed by atoms with van der Waals surface area (Å²) in [5.74, 6) is 2.06. The summed E-state index contributed by atoms with van der Waals surface area (Å²) >= 11 is 0. The zero-order valence-electron chi connectivity index (χ0n) is 19.9. The van der Waals surface area contributed by atoms with Gasteiger partial charge in [0.25, 0.3) is 10.1 Å². The number of pyridine rings is 1. The highest BCUT2D eigenvalue weighted by molar-refractivity contribution is 7.86. The van der Waals surface area contributed by atoms with Gasteiger partial charge in [-0.1, -0.05) is 0 Å². The Bertz CT molecular complexity index is 1340. The molecule has 1 aromatic carbocycles. The van der Waals surface area contributed by atoms with Gasteiger partial charge < -0.3 is 9.47 Å². The van der Waals surface area contributed by atoms with Crippen molar-refractivity contribution in [1.29, 1.82) is 0 Å². The summed E-state index contributed by atoms with van der Waals surface area (Å²) in [6.45, 7) is 2.43. The number of aromatic nitrogens is 3. The largest absolute Gasteiger partial charge is 0.493 e. The number of methoxy groups -OCH3 is 1. The van der Waals surface area contributed by atoms with Crippen LogP contribution >= 0.6 is 0 Å². The average Bonchev–Trinajstić information content (AvgIpc) is 3.38. The molecule has 2 aromatic heterocycles. The lowest BCUT2D eigenvalue weighted by Crippen LogP contribution is -2.36. The smallest absolute Gasteiger partial charge is 0.264 e. The Morgan fingerprint density at radius 1 is 1.17 bits per heavy atom. The SMILES string of the molecule is CCOc1cc2c(cc1OC)C(c1ccc(-n3ccnc3)nc1)=N[C@@H]1CC[C@@H](OS(C)(=O)=O)C[C@H]21. The fourth-order valence-corrected chi connectivity index (χ4v) is 5.66. The standard InChI is InChI=1S/C25H28N4O5S/c1-4-33-23-12-18-19-11-17(34-35(3,30)31)6-7-21(19)28-25(20(18)13-22(23)32-2)16-5-8-24(27-14-16)29-10-9-26-15-29/h5,8-10,12-15,17,19,21H,4,6-7,11H2,1-3H3/t17-,19-,21-/m1/s1. The summed E-state index contributed by atoms with van der Waals surface area (Å²) < 4.78 is 42.3. The lowest BCUT2D eigenvalue weighted by Gasteiger charge is -2.38. The zero-order valence-corrected chi connectivity index (χ0v) is 20.7. The topological polar surface area (TPSA) is 105 Å². The highest BCUT2D eigenvalue weighted by Crippen LogP contribution is 2.45. The molecule has 3 heterocycles. The van der Waals surface area contributed by atoms with E-state index < -0.39 is 10.1 Å². The average molecular weight is 497 g/mol. The van der Waals surface area contributed by atoms with E-state index in [4.69, 9.17) is 18.6 Å². The third-order valence-electron chi connectivity index (χ3n) is 6.45. The van der Waals surface area contributed by atoms with Crippen LogP contribution in [-0.4, -0.2) is 60.8 Å². The van der Waals surface area contributed by atoms with Crippen LogP contribution in [0, 0.1) is 0 Å². The van der Waals surface area contributed by atoms with E-state index in [9.17, 15) is 8.42 Å². The number of imidazole rings is 1. The second-order valence-electron chi connectivity index (χ2n) is 8.79. The van der Waals surface area contributed by atoms with E-state index in [0.29, 0.717) is 30.9 Å². The first-order valence-electron chi connectivity index (χ1n) is 11.6. The van der Waals surface area contributed by atoms with Crippen molar-refractivity contribution in [2.24, 2.45) is 4.99 Å². The molecule has 1 aliphatic carbocycles. The minimum Gasteiger partial charge on any atom is -0.493 e. The van der Waals surface area contributed by atoms with Gasteiger partial charge in [-0.2, -0.15) is 8.42 Å². The van der Waals surface area contributed by atoms with Gasteiger partial charge in [-0.15, -0.1) is 0 Å². The van der Waals surface area contributed by atoms with Crippen molar-refractivity contribution in [3.8, 4) is 17.3 Å². The van der Waals surface area contributed by atoms with Crippen molar-refractivity contribution in [2.75, 3.05) is 20.0 Å². The summed E-state index contributed by atoms with van der Waals surface area (Å²) in [5.41, 5.74) is 3.73. The van der Waals surface area contributed by atoms with Crippen LogP contribution in [0.25, 0.3) is 5.82 Å². The van der Waals surface area contributed by atoms with E-state index in [1.807, 2.05) is 48.1 Å². The molecule has 3 atom stereocenters. The Balaban J connectivity index is 1.57. The Labute approximate surface area is 204 Å². The van der Waals surface area contributed by atoms with E-state index in [-0.39, 0.29) is 18.1 Å². The lowest BCUT2D eigenvalue weighted by molar-refractivity contribution is 0.141. The molecule has 0 bridgehead atoms. The normalized spacial score (nSPS) is 21.6. The third kappa shape index (κ3) is 4.81. The van der Waals surface area contributed by atoms with Crippen molar-refractivity contribution in [1.82, 2.24) is 14.5 Å². The van der Waals surface area contributed by atoms with Crippen LogP contribution in [0.4, 0.5) is 0 Å². The maximum Gasteiger partial charge on any atom is 0.264 e. The van der Waals surface area contributed by atoms with Gasteiger partial charge in [0.05, 0.1) is 37.8 Å². The fourth-order valence-electron chi connectivity index (χ4n) is 4.99. The van der Waals surface area contributed by atoms with Crippen LogP contribution in [0.15, 0.2) is 54.2 Å². The number of hydrogen-bond acceptors (Lipinski definition) is 8. The van der Waals surface area contributed by atoms with Gasteiger partial charge in [0, 0.05) is 35.6 Å². The van der Waals surface area contributed by atoms with Crippen LogP contribution in [0.2, 0.25) is 0 Å². The van der Waals surface area contributed by atoms with Crippen LogP contribution in [-0.2, 0) is 14.3 Å². The molecule has 10 heteroatoms. The lowest BCUT2D eigenvalue weighted by atomic mass is 9.74. The molecule has 0 N–H and O–H groups in total. The van der Waals surface area contributed by atoms with Gasteiger partial charge in [-0.25, -0.2) is 9.97 Å². The second-order valence-corrected chi connectivity index (χ2v) is 10.4. The van der Waals surface area contributed by atoms with Gasteiger partial charge in [0.2, 0.25) is 0 Å². The Kier molecular flexibility index (Phi) is 6.33. The first-order chi connectivity index (χ1) is 16.9. The summed E-state index contributed by atoms with van der Waals surface area (Å²) in [6.07, 6.45) is 9.73. The van der Waals surface area contributed by atoms with E-state index in [1.54, 1.807) is 19.6 Å². The molecular weight excluding hydrogens is 468 g/mol. The van der Waals surface area contributed by atoms with Gasteiger partial charge >= 0.3 is 0 Å². The molecule has 1 fully saturated rings. The Morgan fingerprint density at radius 2 is 2.03 bits per heavy atom. The fraction of sp³-hybridized carbons (Fsp3) is 0.400. The number of rotatable bonds is 7. The van der Waals surface area contributed by atoms with Crippen LogP contribution in [0.1, 0.15) is 48.8 Å². The number of hydrogen-bond donors (Lipinski definition) is 0. The molecule has 35 heavy (non-hydrogen) atoms. The minimum atomic E-state index is -3.54. The quantitative estimate of drug-likeness (QED) is 0.461. The molecule has 1 saturated carbocycles. The molecule has 184 valence electrons. The number of ether oxygens (including phenoxy) is 2. The number of benzene rings is 1. The predicted molar refractivity (Wildman–Crippen MR) is 131 cm³/mol. The summed E-state index contributed by atoms with van der Waals surface area (Å²) in [5, 5.41) is 0. The monoisotopic (exact) mass is 496 g/mol. The van der Waals surface area contributed by atoms with Crippen molar-refractivity contribution in [2.45, 2.75) is 44.2 Å². The van der Waals surface area contributed by atoms with Crippen LogP contribution < -0.4 is 9.47 Å². The van der Waals surface area contributed by atoms with Crippen molar-refractivity contribution in [3.05, 3.63) is 65.9 Å². The maximum atomic E-state index is 11.8. The van der Waals surface area contributed by atoms with E-state index in [2.05, 4.69) is 9.97 Å². The minimum absolute atomic E-state index is 0.00751. The van der Waals surface area contributed by atoms with Crippen molar-refractivity contribution < 1.29 is 22.1 Å². The first-order valence-corrected chi connectivity index (χ1v) is 13.4. The highest BCUT2D eigenvalue weighted by Gasteiger charge is 2.39. The second kappa shape index (κ2) is 9.43. The molecule has 3 aromatic rings. The van der Waals surface area contributed by atoms with Gasteiger partial charge in [0.1, 0.15) is 12.1 Å². The molecular formula is C25H28N4O5S. The third-order valence-corrected chi connectivity index (χ3v) is 7.07. The predicted octanol–water partition coefficient (Wildman–Crippen LogP) is 3.51. The zero-order chi connectivity index (χ0) is 24.6. The molecule has 0 unspecified atom stereocenters. The van der Waals surface area contributed by atoms with Crippen molar-refractivity contribution in [3.63, 3.8) is 0 Å². The van der Waals surface area contributed by atoms with Crippen molar-refractivity contribution >= 4 is 15.8 Å². The summed E-state index contributed by atoms with van der Waals surface area (Å²) in [7, 11) is -1.92. The molecule has 0 saturated heterocycles.